The normalized spacial score (nSPS) is 10.5. The number of nitrogens with one attached hydrogen (secondary N) is 2. The van der Waals surface area contributed by atoms with Crippen LogP contribution in [0, 0.1) is 16.7 Å². The molecule has 0 spiro atoms. The first-order valence-corrected chi connectivity index (χ1v) is 6.37. The van der Waals surface area contributed by atoms with E-state index in [-0.39, 0.29) is 18.4 Å². The Morgan fingerprint density at radius 2 is 1.75 bits per heavy atom. The minimum absolute atomic E-state index is 0.0353. The van der Waals surface area contributed by atoms with Gasteiger partial charge in [0.25, 0.3) is 0 Å². The highest BCUT2D eigenvalue weighted by Gasteiger charge is 2.21. The van der Waals surface area contributed by atoms with Gasteiger partial charge < -0.3 is 10.6 Å². The van der Waals surface area contributed by atoms with Crippen LogP contribution >= 0.6 is 0 Å². The van der Waals surface area contributed by atoms with Gasteiger partial charge in [-0.05, 0) is 17.7 Å². The van der Waals surface area contributed by atoms with Crippen molar-refractivity contribution in [1.29, 1.82) is 5.26 Å². The molecule has 1 aromatic carbocycles. The molecule has 0 saturated carbocycles. The third-order valence-corrected chi connectivity index (χ3v) is 2.66. The summed E-state index contributed by atoms with van der Waals surface area (Å²) in [6.45, 7) is 5.70. The fourth-order valence-corrected chi connectivity index (χ4v) is 1.39. The number of carbonyl (C=O) groups excluding carboxylic acids is 2. The topological polar surface area (TPSA) is 82.0 Å². The summed E-state index contributed by atoms with van der Waals surface area (Å²) in [4.78, 5) is 23.2. The van der Waals surface area contributed by atoms with Crippen molar-refractivity contribution in [2.24, 2.45) is 5.41 Å². The number of hydrogen-bond donors (Lipinski definition) is 2. The molecular formula is C15H19N3O2. The predicted octanol–water partition coefficient (Wildman–Crippen LogP) is 1.34. The van der Waals surface area contributed by atoms with E-state index in [0.29, 0.717) is 12.1 Å². The van der Waals surface area contributed by atoms with Gasteiger partial charge in [-0.1, -0.05) is 32.9 Å². The number of amides is 2. The Morgan fingerprint density at radius 3 is 2.25 bits per heavy atom. The maximum Gasteiger partial charge on any atom is 0.239 e. The van der Waals surface area contributed by atoms with Crippen molar-refractivity contribution in [2.45, 2.75) is 27.3 Å². The second kappa shape index (κ2) is 6.71. The average Bonchev–Trinajstić information content (AvgIpc) is 2.41. The molecule has 0 unspecified atom stereocenters. The molecule has 2 N–H and O–H groups in total. The zero-order valence-corrected chi connectivity index (χ0v) is 12.0. The zero-order valence-electron chi connectivity index (χ0n) is 12.0. The number of benzene rings is 1. The Morgan fingerprint density at radius 1 is 1.15 bits per heavy atom. The van der Waals surface area contributed by atoms with Crippen LogP contribution in [0.25, 0.3) is 0 Å². The van der Waals surface area contributed by atoms with Crippen LogP contribution in [0.5, 0.6) is 0 Å². The number of nitrogens with zero attached hydrogens (tertiary/aromatic N) is 1. The molecule has 0 aliphatic rings. The summed E-state index contributed by atoms with van der Waals surface area (Å²) in [5.41, 5.74) is 0.977. The van der Waals surface area contributed by atoms with E-state index < -0.39 is 5.41 Å². The largest absolute Gasteiger partial charge is 0.350 e. The predicted molar refractivity (Wildman–Crippen MR) is 75.5 cm³/mol. The molecule has 0 aliphatic heterocycles. The number of hydrogen-bond acceptors (Lipinski definition) is 3. The average molecular weight is 273 g/mol. The van der Waals surface area contributed by atoms with Gasteiger partial charge in [-0.15, -0.1) is 0 Å². The third kappa shape index (κ3) is 5.11. The lowest BCUT2D eigenvalue weighted by Crippen LogP contribution is -2.41. The van der Waals surface area contributed by atoms with Gasteiger partial charge in [0, 0.05) is 12.0 Å². The standard InChI is InChI=1S/C15H19N3O2/c1-15(2,3)14(20)18-10-13(19)17-9-12-6-4-11(8-16)5-7-12/h4-7H,9-10H2,1-3H3,(H,17,19)(H,18,20). The maximum atomic E-state index is 11.6. The van der Waals surface area contributed by atoms with Crippen LogP contribution in [0.1, 0.15) is 31.9 Å². The SMILES string of the molecule is CC(C)(C)C(=O)NCC(=O)NCc1ccc(C#N)cc1. The number of rotatable bonds is 4. The summed E-state index contributed by atoms with van der Waals surface area (Å²) in [7, 11) is 0. The summed E-state index contributed by atoms with van der Waals surface area (Å²) in [5, 5.41) is 14.0. The fraction of sp³-hybridized carbons (Fsp3) is 0.400. The lowest BCUT2D eigenvalue weighted by Gasteiger charge is -2.17. The summed E-state index contributed by atoms with van der Waals surface area (Å²) in [6.07, 6.45) is 0. The first-order chi connectivity index (χ1) is 9.32. The highest BCUT2D eigenvalue weighted by atomic mass is 16.2. The molecule has 0 atom stereocenters. The van der Waals surface area contributed by atoms with E-state index in [4.69, 9.17) is 5.26 Å². The van der Waals surface area contributed by atoms with Crippen LogP contribution < -0.4 is 10.6 Å². The van der Waals surface area contributed by atoms with Crippen molar-refractivity contribution < 1.29 is 9.59 Å². The van der Waals surface area contributed by atoms with E-state index in [2.05, 4.69) is 10.6 Å². The van der Waals surface area contributed by atoms with Crippen molar-refractivity contribution in [3.05, 3.63) is 35.4 Å². The Hall–Kier alpha value is -2.35. The molecule has 0 bridgehead atoms. The van der Waals surface area contributed by atoms with Gasteiger partial charge in [0.05, 0.1) is 18.2 Å². The first kappa shape index (κ1) is 15.7. The zero-order chi connectivity index (χ0) is 15.2. The summed E-state index contributed by atoms with van der Waals surface area (Å²) in [6, 6.07) is 8.99. The molecule has 0 aromatic heterocycles. The van der Waals surface area contributed by atoms with Gasteiger partial charge in [-0.3, -0.25) is 9.59 Å². The van der Waals surface area contributed by atoms with Crippen LogP contribution in [0.2, 0.25) is 0 Å². The van der Waals surface area contributed by atoms with Gasteiger partial charge in [-0.25, -0.2) is 0 Å². The Balaban J connectivity index is 2.36. The molecule has 5 nitrogen and oxygen atoms in total. The summed E-state index contributed by atoms with van der Waals surface area (Å²) in [5.74, 6) is -0.405. The maximum absolute atomic E-state index is 11.6. The smallest absolute Gasteiger partial charge is 0.239 e. The molecule has 0 aliphatic carbocycles. The van der Waals surface area contributed by atoms with Crippen molar-refractivity contribution in [2.75, 3.05) is 6.54 Å². The van der Waals surface area contributed by atoms with Crippen LogP contribution in [-0.4, -0.2) is 18.4 Å². The molecule has 106 valence electrons. The van der Waals surface area contributed by atoms with E-state index in [1.807, 2.05) is 6.07 Å². The molecular weight excluding hydrogens is 254 g/mol. The molecule has 0 heterocycles. The molecule has 0 saturated heterocycles. The lowest BCUT2D eigenvalue weighted by molar-refractivity contribution is -0.131. The van der Waals surface area contributed by atoms with Crippen LogP contribution in [0.4, 0.5) is 0 Å². The van der Waals surface area contributed by atoms with E-state index >= 15 is 0 Å². The first-order valence-electron chi connectivity index (χ1n) is 6.37. The molecule has 2 amide bonds. The van der Waals surface area contributed by atoms with Crippen LogP contribution in [-0.2, 0) is 16.1 Å². The van der Waals surface area contributed by atoms with Crippen molar-refractivity contribution in [3.63, 3.8) is 0 Å². The highest BCUT2D eigenvalue weighted by molar-refractivity contribution is 5.87. The minimum atomic E-state index is -0.507. The van der Waals surface area contributed by atoms with Gasteiger partial charge in [-0.2, -0.15) is 5.26 Å². The molecule has 0 fully saturated rings. The quantitative estimate of drug-likeness (QED) is 0.868. The molecule has 20 heavy (non-hydrogen) atoms. The van der Waals surface area contributed by atoms with Crippen molar-refractivity contribution in [3.8, 4) is 6.07 Å². The van der Waals surface area contributed by atoms with Crippen LogP contribution in [0.15, 0.2) is 24.3 Å². The Kier molecular flexibility index (Phi) is 5.27. The van der Waals surface area contributed by atoms with Crippen LogP contribution in [0.3, 0.4) is 0 Å². The summed E-state index contributed by atoms with van der Waals surface area (Å²) >= 11 is 0. The molecule has 0 radical (unpaired) electrons. The molecule has 5 heteroatoms. The Labute approximate surface area is 119 Å². The minimum Gasteiger partial charge on any atom is -0.350 e. The Bertz CT molecular complexity index is 522. The van der Waals surface area contributed by atoms with Gasteiger partial charge in [0.1, 0.15) is 0 Å². The molecule has 1 rings (SSSR count). The second-order valence-corrected chi connectivity index (χ2v) is 5.52. The van der Waals surface area contributed by atoms with Gasteiger partial charge in [0.2, 0.25) is 11.8 Å². The number of nitriles is 1. The summed E-state index contributed by atoms with van der Waals surface area (Å²) < 4.78 is 0. The molecule has 1 aromatic rings. The van der Waals surface area contributed by atoms with E-state index in [0.717, 1.165) is 5.56 Å². The van der Waals surface area contributed by atoms with E-state index in [9.17, 15) is 9.59 Å². The monoisotopic (exact) mass is 273 g/mol. The highest BCUT2D eigenvalue weighted by Crippen LogP contribution is 2.11. The van der Waals surface area contributed by atoms with Gasteiger partial charge in [0.15, 0.2) is 0 Å². The van der Waals surface area contributed by atoms with E-state index in [1.54, 1.807) is 45.0 Å². The lowest BCUT2D eigenvalue weighted by atomic mass is 9.96. The third-order valence-electron chi connectivity index (χ3n) is 2.66. The van der Waals surface area contributed by atoms with Crippen molar-refractivity contribution in [1.82, 2.24) is 10.6 Å². The van der Waals surface area contributed by atoms with E-state index in [1.165, 1.54) is 0 Å². The van der Waals surface area contributed by atoms with Crippen molar-refractivity contribution >= 4 is 11.8 Å². The number of carbonyl (C=O) groups is 2. The van der Waals surface area contributed by atoms with Gasteiger partial charge >= 0.3 is 0 Å². The second-order valence-electron chi connectivity index (χ2n) is 5.52. The fourth-order valence-electron chi connectivity index (χ4n) is 1.39.